The lowest BCUT2D eigenvalue weighted by molar-refractivity contribution is -0.139. The van der Waals surface area contributed by atoms with Gasteiger partial charge in [0.2, 0.25) is 0 Å². The smallest absolute Gasteiger partial charge is 0.326 e. The molecule has 7 nitrogen and oxygen atoms in total. The summed E-state index contributed by atoms with van der Waals surface area (Å²) in [6, 6.07) is -1.58. The number of nitrogens with one attached hydrogen (secondary N) is 2. The molecule has 0 rings (SSSR count). The highest BCUT2D eigenvalue weighted by Crippen LogP contribution is 1.94. The summed E-state index contributed by atoms with van der Waals surface area (Å²) in [5, 5.41) is 13.5. The van der Waals surface area contributed by atoms with Crippen LogP contribution in [0.3, 0.4) is 0 Å². The van der Waals surface area contributed by atoms with Crippen LogP contribution in [0.2, 0.25) is 0 Å². The molecular weight excluding hydrogens is 260 g/mol. The van der Waals surface area contributed by atoms with Gasteiger partial charge in [-0.15, -0.1) is 0 Å². The van der Waals surface area contributed by atoms with E-state index in [1.165, 1.54) is 7.11 Å². The standard InChI is InChI=1S/C10H20N2O5S/c1-7(18(3)16)6-11-10(15)12-8(9(13)14)4-5-17-2/h7-8H,4-6H2,1-3H3,(H,13,14)(H2,11,12,15). The Morgan fingerprint density at radius 3 is 2.50 bits per heavy atom. The van der Waals surface area contributed by atoms with Crippen molar-refractivity contribution >= 4 is 22.8 Å². The van der Waals surface area contributed by atoms with E-state index in [4.69, 9.17) is 9.84 Å². The maximum Gasteiger partial charge on any atom is 0.326 e. The number of hydrogen-bond donors (Lipinski definition) is 3. The molecule has 0 radical (unpaired) electrons. The van der Waals surface area contributed by atoms with Crippen molar-refractivity contribution in [3.05, 3.63) is 0 Å². The molecule has 2 amide bonds. The Morgan fingerprint density at radius 1 is 1.44 bits per heavy atom. The van der Waals surface area contributed by atoms with Crippen molar-refractivity contribution in [3.8, 4) is 0 Å². The largest absolute Gasteiger partial charge is 0.480 e. The fraction of sp³-hybridized carbons (Fsp3) is 0.800. The third kappa shape index (κ3) is 7.23. The van der Waals surface area contributed by atoms with Gasteiger partial charge in [0.1, 0.15) is 6.04 Å². The first-order chi connectivity index (χ1) is 8.38. The number of amides is 2. The Hall–Kier alpha value is -1.15. The van der Waals surface area contributed by atoms with Gasteiger partial charge in [-0.25, -0.2) is 9.59 Å². The molecule has 106 valence electrons. The molecule has 0 aliphatic rings. The summed E-state index contributed by atoms with van der Waals surface area (Å²) < 4.78 is 15.8. The summed E-state index contributed by atoms with van der Waals surface area (Å²) >= 11 is 0. The second-order valence-corrected chi connectivity index (χ2v) is 5.64. The predicted octanol–water partition coefficient (Wildman–Crippen LogP) is -0.458. The van der Waals surface area contributed by atoms with Gasteiger partial charge in [0.25, 0.3) is 0 Å². The van der Waals surface area contributed by atoms with Crippen LogP contribution in [0.4, 0.5) is 4.79 Å². The van der Waals surface area contributed by atoms with Crippen molar-refractivity contribution < 1.29 is 23.6 Å². The molecule has 0 aromatic carbocycles. The average molecular weight is 280 g/mol. The Labute approximate surface area is 109 Å². The van der Waals surface area contributed by atoms with E-state index in [9.17, 15) is 13.8 Å². The van der Waals surface area contributed by atoms with Gasteiger partial charge in [0.05, 0.1) is 0 Å². The van der Waals surface area contributed by atoms with Crippen LogP contribution in [-0.4, -0.2) is 59.1 Å². The number of rotatable bonds is 8. The fourth-order valence-electron chi connectivity index (χ4n) is 1.06. The summed E-state index contributed by atoms with van der Waals surface area (Å²) in [5.41, 5.74) is 0. The number of urea groups is 1. The molecule has 0 fully saturated rings. The molecule has 0 saturated heterocycles. The number of aliphatic carboxylic acids is 1. The summed E-state index contributed by atoms with van der Waals surface area (Å²) in [6.07, 6.45) is 1.73. The topological polar surface area (TPSA) is 105 Å². The monoisotopic (exact) mass is 280 g/mol. The number of ether oxygens (including phenoxy) is 1. The number of methoxy groups -OCH3 is 1. The third-order valence-electron chi connectivity index (χ3n) is 2.33. The SMILES string of the molecule is COCCC(NC(=O)NCC(C)S(C)=O)C(=O)O. The molecule has 8 heteroatoms. The molecule has 3 N–H and O–H groups in total. The van der Waals surface area contributed by atoms with E-state index in [2.05, 4.69) is 10.6 Å². The maximum absolute atomic E-state index is 11.4. The van der Waals surface area contributed by atoms with Crippen molar-refractivity contribution in [3.63, 3.8) is 0 Å². The zero-order valence-electron chi connectivity index (χ0n) is 10.8. The van der Waals surface area contributed by atoms with Crippen molar-refractivity contribution in [2.24, 2.45) is 0 Å². The Kier molecular flexibility index (Phi) is 8.30. The molecule has 0 aliphatic heterocycles. The summed E-state index contributed by atoms with van der Waals surface area (Å²) in [5.74, 6) is -1.12. The Morgan fingerprint density at radius 2 is 2.06 bits per heavy atom. The van der Waals surface area contributed by atoms with Gasteiger partial charge in [-0.1, -0.05) is 0 Å². The molecule has 3 unspecified atom stereocenters. The Balaban J connectivity index is 4.09. The van der Waals surface area contributed by atoms with E-state index in [1.54, 1.807) is 13.2 Å². The summed E-state index contributed by atoms with van der Waals surface area (Å²) in [7, 11) is 0.424. The van der Waals surface area contributed by atoms with Gasteiger partial charge in [0, 0.05) is 49.0 Å². The first kappa shape index (κ1) is 16.9. The highest BCUT2D eigenvalue weighted by atomic mass is 32.2. The number of carboxylic acid groups (broad SMARTS) is 1. The number of carbonyl (C=O) groups excluding carboxylic acids is 1. The number of carboxylic acids is 1. The van der Waals surface area contributed by atoms with E-state index >= 15 is 0 Å². The molecule has 0 saturated carbocycles. The second-order valence-electron chi connectivity index (χ2n) is 3.84. The highest BCUT2D eigenvalue weighted by Gasteiger charge is 2.19. The van der Waals surface area contributed by atoms with Crippen molar-refractivity contribution in [1.82, 2.24) is 10.6 Å². The molecule has 0 bridgehead atoms. The molecule has 0 aromatic heterocycles. The van der Waals surface area contributed by atoms with Crippen LogP contribution in [0.1, 0.15) is 13.3 Å². The van der Waals surface area contributed by atoms with Crippen LogP contribution in [0.25, 0.3) is 0 Å². The zero-order chi connectivity index (χ0) is 14.1. The van der Waals surface area contributed by atoms with Crippen molar-refractivity contribution in [2.75, 3.05) is 26.5 Å². The van der Waals surface area contributed by atoms with Gasteiger partial charge in [-0.05, 0) is 6.92 Å². The number of carbonyl (C=O) groups is 2. The summed E-state index contributed by atoms with van der Waals surface area (Å²) in [4.78, 5) is 22.3. The van der Waals surface area contributed by atoms with Crippen LogP contribution >= 0.6 is 0 Å². The first-order valence-electron chi connectivity index (χ1n) is 5.46. The predicted molar refractivity (Wildman–Crippen MR) is 68.0 cm³/mol. The molecular formula is C10H20N2O5S. The minimum absolute atomic E-state index is 0.182. The average Bonchev–Trinajstić information content (AvgIpc) is 2.30. The third-order valence-corrected chi connectivity index (χ3v) is 3.63. The van der Waals surface area contributed by atoms with Gasteiger partial charge in [-0.2, -0.15) is 0 Å². The molecule has 3 atom stereocenters. The maximum atomic E-state index is 11.4. The lowest BCUT2D eigenvalue weighted by Crippen LogP contribution is -2.48. The summed E-state index contributed by atoms with van der Waals surface area (Å²) in [6.45, 7) is 2.20. The lowest BCUT2D eigenvalue weighted by atomic mass is 10.2. The van der Waals surface area contributed by atoms with Crippen LogP contribution in [0, 0.1) is 0 Å². The van der Waals surface area contributed by atoms with Crippen molar-refractivity contribution in [1.29, 1.82) is 0 Å². The molecule has 0 spiro atoms. The van der Waals surface area contributed by atoms with E-state index in [0.29, 0.717) is 0 Å². The van der Waals surface area contributed by atoms with Gasteiger partial charge in [0.15, 0.2) is 0 Å². The first-order valence-corrected chi connectivity index (χ1v) is 7.09. The zero-order valence-corrected chi connectivity index (χ0v) is 11.6. The van der Waals surface area contributed by atoms with Gasteiger partial charge >= 0.3 is 12.0 Å². The van der Waals surface area contributed by atoms with Crippen LogP contribution in [0.15, 0.2) is 0 Å². The van der Waals surface area contributed by atoms with Gasteiger partial charge < -0.3 is 20.5 Å². The minimum atomic E-state index is -1.12. The normalized spacial score (nSPS) is 15.5. The number of hydrogen-bond acceptors (Lipinski definition) is 4. The van der Waals surface area contributed by atoms with Crippen LogP contribution in [-0.2, 0) is 20.3 Å². The van der Waals surface area contributed by atoms with Crippen LogP contribution < -0.4 is 10.6 Å². The Bertz CT molecular complexity index is 311. The lowest BCUT2D eigenvalue weighted by Gasteiger charge is -2.16. The van der Waals surface area contributed by atoms with E-state index in [1.807, 2.05) is 0 Å². The van der Waals surface area contributed by atoms with E-state index in [-0.39, 0.29) is 24.8 Å². The van der Waals surface area contributed by atoms with Gasteiger partial charge in [-0.3, -0.25) is 4.21 Å². The van der Waals surface area contributed by atoms with E-state index in [0.717, 1.165) is 0 Å². The molecule has 0 aliphatic carbocycles. The van der Waals surface area contributed by atoms with E-state index < -0.39 is 28.8 Å². The van der Waals surface area contributed by atoms with Crippen molar-refractivity contribution in [2.45, 2.75) is 24.6 Å². The van der Waals surface area contributed by atoms with Crippen LogP contribution in [0.5, 0.6) is 0 Å². The molecule has 0 aromatic rings. The minimum Gasteiger partial charge on any atom is -0.480 e. The fourth-order valence-corrected chi connectivity index (χ4v) is 1.37. The molecule has 0 heterocycles. The quantitative estimate of drug-likeness (QED) is 0.558. The highest BCUT2D eigenvalue weighted by molar-refractivity contribution is 7.84. The molecule has 18 heavy (non-hydrogen) atoms. The second kappa shape index (κ2) is 8.87.